The van der Waals surface area contributed by atoms with E-state index in [1.54, 1.807) is 6.20 Å². The van der Waals surface area contributed by atoms with Gasteiger partial charge in [-0.2, -0.15) is 5.10 Å². The third-order valence-corrected chi connectivity index (χ3v) is 4.40. The minimum Gasteiger partial charge on any atom is -0.334 e. The van der Waals surface area contributed by atoms with Crippen LogP contribution in [0.4, 0.5) is 0 Å². The van der Waals surface area contributed by atoms with Crippen molar-refractivity contribution >= 4 is 16.8 Å². The van der Waals surface area contributed by atoms with Crippen molar-refractivity contribution in [3.8, 4) is 0 Å². The van der Waals surface area contributed by atoms with Crippen molar-refractivity contribution in [3.63, 3.8) is 0 Å². The smallest absolute Gasteiger partial charge is 0.256 e. The molecule has 0 saturated heterocycles. The van der Waals surface area contributed by atoms with Crippen LogP contribution in [-0.4, -0.2) is 32.5 Å². The average Bonchev–Trinajstić information content (AvgIpc) is 2.93. The van der Waals surface area contributed by atoms with Gasteiger partial charge >= 0.3 is 0 Å². The standard InChI is InChI=1S/C18H18N4O/c1-12-8-16-14(9-20-21-16)11-22(10-12)18(23)15-6-2-4-13-5-3-7-19-17(13)15/h2-7,9,12H,8,10-11H2,1H3,(H,20,21). The van der Waals surface area contributed by atoms with Gasteiger partial charge in [-0.15, -0.1) is 0 Å². The molecule has 1 unspecified atom stereocenters. The highest BCUT2D eigenvalue weighted by molar-refractivity contribution is 6.05. The van der Waals surface area contributed by atoms with Crippen molar-refractivity contribution < 1.29 is 4.79 Å². The Morgan fingerprint density at radius 2 is 2.17 bits per heavy atom. The Labute approximate surface area is 134 Å². The van der Waals surface area contributed by atoms with Crippen LogP contribution >= 0.6 is 0 Å². The first-order chi connectivity index (χ1) is 11.2. The lowest BCUT2D eigenvalue weighted by Crippen LogP contribution is -2.33. The first-order valence-electron chi connectivity index (χ1n) is 7.86. The van der Waals surface area contributed by atoms with Gasteiger partial charge in [0.05, 0.1) is 17.3 Å². The number of nitrogens with one attached hydrogen (secondary N) is 1. The van der Waals surface area contributed by atoms with Gasteiger partial charge in [-0.1, -0.05) is 25.1 Å². The minimum absolute atomic E-state index is 0.0372. The SMILES string of the molecule is CC1Cc2[nH]ncc2CN(C(=O)c2cccc3cccnc23)C1. The van der Waals surface area contributed by atoms with Crippen molar-refractivity contribution in [1.29, 1.82) is 0 Å². The molecule has 4 rings (SSSR count). The van der Waals surface area contributed by atoms with Gasteiger partial charge in [-0.05, 0) is 24.5 Å². The van der Waals surface area contributed by atoms with E-state index in [2.05, 4.69) is 22.1 Å². The Bertz CT molecular complexity index is 865. The number of nitrogens with zero attached hydrogens (tertiary/aromatic N) is 3. The highest BCUT2D eigenvalue weighted by atomic mass is 16.2. The van der Waals surface area contributed by atoms with Crippen LogP contribution < -0.4 is 0 Å². The predicted octanol–water partition coefficient (Wildman–Crippen LogP) is 2.79. The molecule has 3 aromatic rings. The van der Waals surface area contributed by atoms with Crippen LogP contribution in [0.1, 0.15) is 28.5 Å². The second kappa shape index (κ2) is 5.50. The zero-order valence-corrected chi connectivity index (χ0v) is 13.0. The van der Waals surface area contributed by atoms with E-state index >= 15 is 0 Å². The number of hydrogen-bond donors (Lipinski definition) is 1. The van der Waals surface area contributed by atoms with Gasteiger partial charge in [0.1, 0.15) is 0 Å². The molecular weight excluding hydrogens is 288 g/mol. The van der Waals surface area contributed by atoms with Gasteiger partial charge in [0.2, 0.25) is 0 Å². The topological polar surface area (TPSA) is 61.9 Å². The number of H-pyrrole nitrogens is 1. The Kier molecular flexibility index (Phi) is 3.33. The highest BCUT2D eigenvalue weighted by Crippen LogP contribution is 2.23. The number of hydrogen-bond acceptors (Lipinski definition) is 3. The fourth-order valence-electron chi connectivity index (χ4n) is 3.31. The molecule has 0 fully saturated rings. The van der Waals surface area contributed by atoms with Crippen molar-refractivity contribution in [2.24, 2.45) is 5.92 Å². The summed E-state index contributed by atoms with van der Waals surface area (Å²) in [5.74, 6) is 0.429. The average molecular weight is 306 g/mol. The minimum atomic E-state index is 0.0372. The Balaban J connectivity index is 1.73. The van der Waals surface area contributed by atoms with E-state index < -0.39 is 0 Å². The fourth-order valence-corrected chi connectivity index (χ4v) is 3.31. The van der Waals surface area contributed by atoms with E-state index in [1.807, 2.05) is 41.4 Å². The molecule has 2 aromatic heterocycles. The number of aromatic nitrogens is 3. The number of carbonyl (C=O) groups is 1. The molecule has 0 bridgehead atoms. The molecule has 1 aromatic carbocycles. The Morgan fingerprint density at radius 3 is 3.09 bits per heavy atom. The summed E-state index contributed by atoms with van der Waals surface area (Å²) < 4.78 is 0. The third-order valence-electron chi connectivity index (χ3n) is 4.40. The molecule has 5 heteroatoms. The molecule has 1 aliphatic heterocycles. The maximum Gasteiger partial charge on any atom is 0.256 e. The Hall–Kier alpha value is -2.69. The summed E-state index contributed by atoms with van der Waals surface area (Å²) in [6.45, 7) is 3.50. The zero-order valence-electron chi connectivity index (χ0n) is 13.0. The molecular formula is C18H18N4O. The molecule has 0 radical (unpaired) electrons. The molecule has 3 heterocycles. The summed E-state index contributed by atoms with van der Waals surface area (Å²) in [6.07, 6.45) is 4.49. The van der Waals surface area contributed by atoms with Gasteiger partial charge in [0.15, 0.2) is 0 Å². The molecule has 5 nitrogen and oxygen atoms in total. The van der Waals surface area contributed by atoms with Gasteiger partial charge in [0.25, 0.3) is 5.91 Å². The van der Waals surface area contributed by atoms with E-state index in [9.17, 15) is 4.79 Å². The number of pyridine rings is 1. The predicted molar refractivity (Wildman–Crippen MR) is 87.9 cm³/mol. The first kappa shape index (κ1) is 13.9. The molecule has 1 amide bonds. The van der Waals surface area contributed by atoms with Gasteiger partial charge in [-0.3, -0.25) is 14.9 Å². The summed E-state index contributed by atoms with van der Waals surface area (Å²) in [5, 5.41) is 8.17. The molecule has 1 aliphatic rings. The van der Waals surface area contributed by atoms with Gasteiger partial charge in [0, 0.05) is 35.9 Å². The molecule has 1 atom stereocenters. The van der Waals surface area contributed by atoms with Crippen LogP contribution in [0.25, 0.3) is 10.9 Å². The van der Waals surface area contributed by atoms with E-state index in [0.29, 0.717) is 18.0 Å². The quantitative estimate of drug-likeness (QED) is 0.752. The summed E-state index contributed by atoms with van der Waals surface area (Å²) >= 11 is 0. The number of benzene rings is 1. The maximum atomic E-state index is 13.1. The van der Waals surface area contributed by atoms with Crippen molar-refractivity contribution in [3.05, 3.63) is 59.5 Å². The number of fused-ring (bicyclic) bond motifs is 2. The number of amides is 1. The second-order valence-electron chi connectivity index (χ2n) is 6.25. The van der Waals surface area contributed by atoms with Crippen LogP contribution in [-0.2, 0) is 13.0 Å². The monoisotopic (exact) mass is 306 g/mol. The highest BCUT2D eigenvalue weighted by Gasteiger charge is 2.25. The van der Waals surface area contributed by atoms with Crippen molar-refractivity contribution in [2.45, 2.75) is 19.9 Å². The van der Waals surface area contributed by atoms with Crippen LogP contribution in [0, 0.1) is 5.92 Å². The lowest BCUT2D eigenvalue weighted by molar-refractivity contribution is 0.0727. The number of rotatable bonds is 1. The van der Waals surface area contributed by atoms with E-state index in [-0.39, 0.29) is 5.91 Å². The summed E-state index contributed by atoms with van der Waals surface area (Å²) in [4.78, 5) is 19.4. The van der Waals surface area contributed by atoms with Crippen LogP contribution in [0.5, 0.6) is 0 Å². The van der Waals surface area contributed by atoms with E-state index in [4.69, 9.17) is 0 Å². The third kappa shape index (κ3) is 2.48. The summed E-state index contributed by atoms with van der Waals surface area (Å²) in [7, 11) is 0. The fraction of sp³-hybridized carbons (Fsp3) is 0.278. The van der Waals surface area contributed by atoms with Gasteiger partial charge < -0.3 is 4.90 Å². The van der Waals surface area contributed by atoms with Gasteiger partial charge in [-0.25, -0.2) is 0 Å². The molecule has 1 N–H and O–H groups in total. The number of para-hydroxylation sites is 1. The van der Waals surface area contributed by atoms with Crippen LogP contribution in [0.15, 0.2) is 42.7 Å². The van der Waals surface area contributed by atoms with Crippen LogP contribution in [0.2, 0.25) is 0 Å². The summed E-state index contributed by atoms with van der Waals surface area (Å²) in [6, 6.07) is 9.64. The molecule has 0 spiro atoms. The summed E-state index contributed by atoms with van der Waals surface area (Å²) in [5.41, 5.74) is 3.69. The lowest BCUT2D eigenvalue weighted by Gasteiger charge is -2.23. The molecule has 0 aliphatic carbocycles. The molecule has 23 heavy (non-hydrogen) atoms. The van der Waals surface area contributed by atoms with Crippen molar-refractivity contribution in [2.75, 3.05) is 6.54 Å². The van der Waals surface area contributed by atoms with Crippen LogP contribution in [0.3, 0.4) is 0 Å². The number of aromatic amines is 1. The lowest BCUT2D eigenvalue weighted by atomic mass is 10.1. The Morgan fingerprint density at radius 1 is 1.30 bits per heavy atom. The zero-order chi connectivity index (χ0) is 15.8. The largest absolute Gasteiger partial charge is 0.334 e. The number of carbonyl (C=O) groups excluding carboxylic acids is 1. The first-order valence-corrected chi connectivity index (χ1v) is 7.86. The molecule has 116 valence electrons. The van der Waals surface area contributed by atoms with E-state index in [1.165, 1.54) is 0 Å². The maximum absolute atomic E-state index is 13.1. The van der Waals surface area contributed by atoms with E-state index in [0.717, 1.165) is 35.1 Å². The van der Waals surface area contributed by atoms with Crippen molar-refractivity contribution in [1.82, 2.24) is 20.1 Å². The normalized spacial score (nSPS) is 17.8. The molecule has 0 saturated carbocycles. The second-order valence-corrected chi connectivity index (χ2v) is 6.25.